The molecule has 0 saturated carbocycles. The normalized spacial score (nSPS) is 11.1. The fraction of sp³-hybridized carbons (Fsp3) is 0.0833. The van der Waals surface area contributed by atoms with E-state index in [0.717, 1.165) is 5.56 Å². The molecule has 0 atom stereocenters. The molecule has 5 nitrogen and oxygen atoms in total. The summed E-state index contributed by atoms with van der Waals surface area (Å²) in [6.07, 6.45) is 4.43. The van der Waals surface area contributed by atoms with Gasteiger partial charge in [0.05, 0.1) is 17.8 Å². The molecule has 164 valence electrons. The first-order valence-corrected chi connectivity index (χ1v) is 11.0. The maximum absolute atomic E-state index is 12.0. The van der Waals surface area contributed by atoms with E-state index >= 15 is 0 Å². The largest absolute Gasteiger partial charge is 0.493 e. The van der Waals surface area contributed by atoms with Crippen molar-refractivity contribution in [1.82, 2.24) is 5.43 Å². The van der Waals surface area contributed by atoms with Crippen LogP contribution in [0.2, 0.25) is 10.0 Å². The van der Waals surface area contributed by atoms with Gasteiger partial charge in [-0.15, -0.1) is 0 Å². The van der Waals surface area contributed by atoms with Crippen LogP contribution < -0.4 is 14.9 Å². The Labute approximate surface area is 204 Å². The van der Waals surface area contributed by atoms with Crippen LogP contribution >= 0.6 is 39.1 Å². The third-order valence-corrected chi connectivity index (χ3v) is 5.39. The molecular weight excluding hydrogens is 515 g/mol. The number of nitrogens with one attached hydrogen (secondary N) is 1. The molecule has 3 rings (SSSR count). The number of halogens is 3. The fourth-order valence-corrected chi connectivity index (χ4v) is 3.74. The number of methoxy groups -OCH3 is 1. The minimum absolute atomic E-state index is 0.402. The van der Waals surface area contributed by atoms with Crippen molar-refractivity contribution in [3.63, 3.8) is 0 Å². The van der Waals surface area contributed by atoms with Gasteiger partial charge in [-0.25, -0.2) is 5.43 Å². The van der Waals surface area contributed by atoms with Gasteiger partial charge in [-0.3, -0.25) is 4.79 Å². The summed E-state index contributed by atoms with van der Waals surface area (Å²) in [6.45, 7) is 0.406. The van der Waals surface area contributed by atoms with Crippen LogP contribution in [0.4, 0.5) is 0 Å². The van der Waals surface area contributed by atoms with E-state index in [4.69, 9.17) is 32.7 Å². The number of nitrogens with zero attached hydrogens (tertiary/aromatic N) is 1. The van der Waals surface area contributed by atoms with Crippen molar-refractivity contribution < 1.29 is 14.3 Å². The van der Waals surface area contributed by atoms with Gasteiger partial charge < -0.3 is 9.47 Å². The van der Waals surface area contributed by atoms with E-state index in [-0.39, 0.29) is 0 Å². The number of benzene rings is 3. The van der Waals surface area contributed by atoms with E-state index in [9.17, 15) is 4.79 Å². The van der Waals surface area contributed by atoms with Crippen LogP contribution in [0.15, 0.2) is 76.3 Å². The minimum atomic E-state index is -0.402. The number of hydrogen-bond acceptors (Lipinski definition) is 4. The molecular formula is C24H19BrCl2N2O3. The van der Waals surface area contributed by atoms with Gasteiger partial charge in [-0.1, -0.05) is 59.6 Å². The van der Waals surface area contributed by atoms with Crippen molar-refractivity contribution in [2.45, 2.75) is 6.61 Å². The second-order valence-electron chi connectivity index (χ2n) is 6.54. The van der Waals surface area contributed by atoms with E-state index in [1.54, 1.807) is 37.5 Å². The Morgan fingerprint density at radius 1 is 1.12 bits per heavy atom. The summed E-state index contributed by atoms with van der Waals surface area (Å²) >= 11 is 15.5. The SMILES string of the molecule is COc1cc(/C=N\NC(=O)/C=C/c2ccc(Cl)cc2Cl)cc(Br)c1OCc1ccccc1. The third-order valence-electron chi connectivity index (χ3n) is 4.24. The first-order valence-electron chi connectivity index (χ1n) is 9.46. The summed E-state index contributed by atoms with van der Waals surface area (Å²) < 4.78 is 12.1. The average molecular weight is 534 g/mol. The fourth-order valence-electron chi connectivity index (χ4n) is 2.69. The molecule has 1 N–H and O–H groups in total. The lowest BCUT2D eigenvalue weighted by atomic mass is 10.2. The second-order valence-corrected chi connectivity index (χ2v) is 8.24. The highest BCUT2D eigenvalue weighted by Crippen LogP contribution is 2.36. The van der Waals surface area contributed by atoms with E-state index in [1.807, 2.05) is 36.4 Å². The first-order chi connectivity index (χ1) is 15.5. The van der Waals surface area contributed by atoms with Gasteiger partial charge in [0.2, 0.25) is 0 Å². The summed E-state index contributed by atoms with van der Waals surface area (Å²) in [7, 11) is 1.56. The molecule has 0 unspecified atom stereocenters. The quantitative estimate of drug-likeness (QED) is 0.204. The predicted molar refractivity (Wildman–Crippen MR) is 133 cm³/mol. The first kappa shape index (κ1) is 23.9. The van der Waals surface area contributed by atoms with E-state index in [1.165, 1.54) is 12.3 Å². The Hall–Kier alpha value is -2.80. The number of rotatable bonds is 8. The van der Waals surface area contributed by atoms with Crippen LogP contribution in [0.5, 0.6) is 11.5 Å². The van der Waals surface area contributed by atoms with E-state index < -0.39 is 5.91 Å². The van der Waals surface area contributed by atoms with Crippen molar-refractivity contribution >= 4 is 57.3 Å². The zero-order valence-electron chi connectivity index (χ0n) is 17.0. The lowest BCUT2D eigenvalue weighted by Gasteiger charge is -2.13. The van der Waals surface area contributed by atoms with Gasteiger partial charge >= 0.3 is 0 Å². The summed E-state index contributed by atoms with van der Waals surface area (Å²) in [4.78, 5) is 12.0. The maximum Gasteiger partial charge on any atom is 0.264 e. The van der Waals surface area contributed by atoms with Crippen molar-refractivity contribution in [1.29, 1.82) is 0 Å². The summed E-state index contributed by atoms with van der Waals surface area (Å²) in [5.41, 5.74) is 4.87. The average Bonchev–Trinajstić information content (AvgIpc) is 2.78. The molecule has 8 heteroatoms. The monoisotopic (exact) mass is 532 g/mol. The zero-order valence-corrected chi connectivity index (χ0v) is 20.1. The van der Waals surface area contributed by atoms with E-state index in [2.05, 4.69) is 26.5 Å². The van der Waals surface area contributed by atoms with Crippen LogP contribution in [0.1, 0.15) is 16.7 Å². The minimum Gasteiger partial charge on any atom is -0.493 e. The molecule has 3 aromatic rings. The molecule has 1 amide bonds. The maximum atomic E-state index is 12.0. The lowest BCUT2D eigenvalue weighted by molar-refractivity contribution is -0.116. The molecule has 0 saturated heterocycles. The summed E-state index contributed by atoms with van der Waals surface area (Å²) in [5, 5.41) is 4.97. The number of ether oxygens (including phenoxy) is 2. The van der Waals surface area contributed by atoms with Crippen LogP contribution in [0.3, 0.4) is 0 Å². The molecule has 0 aliphatic carbocycles. The molecule has 0 radical (unpaired) electrons. The van der Waals surface area contributed by atoms with Gasteiger partial charge in [0, 0.05) is 16.1 Å². The van der Waals surface area contributed by atoms with Gasteiger partial charge in [0.1, 0.15) is 6.61 Å². The smallest absolute Gasteiger partial charge is 0.264 e. The van der Waals surface area contributed by atoms with Crippen molar-refractivity contribution in [2.75, 3.05) is 7.11 Å². The highest BCUT2D eigenvalue weighted by molar-refractivity contribution is 9.10. The highest BCUT2D eigenvalue weighted by atomic mass is 79.9. The molecule has 3 aromatic carbocycles. The topological polar surface area (TPSA) is 59.9 Å². The highest BCUT2D eigenvalue weighted by Gasteiger charge is 2.11. The second kappa shape index (κ2) is 11.7. The molecule has 0 spiro atoms. The Balaban J connectivity index is 1.63. The van der Waals surface area contributed by atoms with Crippen LogP contribution in [-0.4, -0.2) is 19.2 Å². The van der Waals surface area contributed by atoms with Gasteiger partial charge in [0.25, 0.3) is 5.91 Å². The van der Waals surface area contributed by atoms with Gasteiger partial charge in [0.15, 0.2) is 11.5 Å². The molecule has 0 heterocycles. The molecule has 32 heavy (non-hydrogen) atoms. The summed E-state index contributed by atoms with van der Waals surface area (Å²) in [6, 6.07) is 18.5. The molecule has 0 aromatic heterocycles. The number of carbonyl (C=O) groups is 1. The Bertz CT molecular complexity index is 1150. The van der Waals surface area contributed by atoms with Crippen molar-refractivity contribution in [3.8, 4) is 11.5 Å². The third kappa shape index (κ3) is 6.85. The number of hydrazone groups is 1. The van der Waals surface area contributed by atoms with Crippen LogP contribution in [-0.2, 0) is 11.4 Å². The zero-order chi connectivity index (χ0) is 22.9. The van der Waals surface area contributed by atoms with Crippen molar-refractivity contribution in [3.05, 3.63) is 97.9 Å². The number of carbonyl (C=O) groups excluding carboxylic acids is 1. The van der Waals surface area contributed by atoms with E-state index in [0.29, 0.717) is 43.8 Å². The molecule has 0 bridgehead atoms. The molecule has 0 aliphatic rings. The van der Waals surface area contributed by atoms with Crippen LogP contribution in [0, 0.1) is 0 Å². The van der Waals surface area contributed by atoms with Gasteiger partial charge in [-0.2, -0.15) is 5.10 Å². The summed E-state index contributed by atoms with van der Waals surface area (Å²) in [5.74, 6) is 0.724. The van der Waals surface area contributed by atoms with Gasteiger partial charge in [-0.05, 0) is 63.0 Å². The predicted octanol–water partition coefficient (Wildman–Crippen LogP) is 6.51. The lowest BCUT2D eigenvalue weighted by Crippen LogP contribution is -2.14. The van der Waals surface area contributed by atoms with Crippen LogP contribution in [0.25, 0.3) is 6.08 Å². The Kier molecular flexibility index (Phi) is 8.73. The van der Waals surface area contributed by atoms with Crippen molar-refractivity contribution in [2.24, 2.45) is 5.10 Å². The molecule has 0 aliphatic heterocycles. The Morgan fingerprint density at radius 3 is 2.62 bits per heavy atom. The number of amides is 1. The number of hydrogen-bond donors (Lipinski definition) is 1. The standard InChI is InChI=1S/C24H19BrCl2N2O3/c1-31-22-12-17(11-20(25)24(22)32-15-16-5-3-2-4-6-16)14-28-29-23(30)10-8-18-7-9-19(26)13-21(18)27/h2-14H,15H2,1H3,(H,29,30)/b10-8+,28-14-. The molecule has 0 fully saturated rings. The Morgan fingerprint density at radius 2 is 1.91 bits per heavy atom.